The van der Waals surface area contributed by atoms with Gasteiger partial charge in [-0.2, -0.15) is 0 Å². The van der Waals surface area contributed by atoms with Crippen LogP contribution < -0.4 is 0 Å². The highest BCUT2D eigenvalue weighted by molar-refractivity contribution is 5.74. The first-order valence-corrected chi connectivity index (χ1v) is 6.06. The molecule has 0 aromatic heterocycles. The average molecular weight is 291 g/mol. The zero-order chi connectivity index (χ0) is 15.2. The molecule has 1 atom stereocenters. The number of aliphatic carboxylic acids is 1. The van der Waals surface area contributed by atoms with E-state index >= 15 is 0 Å². The van der Waals surface area contributed by atoms with Crippen LogP contribution in [0.5, 0.6) is 0 Å². The van der Waals surface area contributed by atoms with E-state index in [1.807, 2.05) is 0 Å². The molecule has 2 rings (SSSR count). The van der Waals surface area contributed by atoms with Gasteiger partial charge in [-0.15, -0.1) is 0 Å². The SMILES string of the molecule is CC(C)C(C(=O)O)N1Cc2c(F)c(F)c(F)c(F)c2C1. The van der Waals surface area contributed by atoms with Crippen molar-refractivity contribution < 1.29 is 27.5 Å². The molecule has 0 aliphatic carbocycles. The van der Waals surface area contributed by atoms with E-state index in [0.29, 0.717) is 0 Å². The lowest BCUT2D eigenvalue weighted by Crippen LogP contribution is -2.41. The summed E-state index contributed by atoms with van der Waals surface area (Å²) in [5, 5.41) is 9.15. The van der Waals surface area contributed by atoms with E-state index in [2.05, 4.69) is 0 Å². The third-order valence-electron chi connectivity index (χ3n) is 3.47. The summed E-state index contributed by atoms with van der Waals surface area (Å²) < 4.78 is 53.6. The van der Waals surface area contributed by atoms with E-state index in [1.54, 1.807) is 13.8 Å². The zero-order valence-corrected chi connectivity index (χ0v) is 10.9. The first kappa shape index (κ1) is 14.8. The zero-order valence-electron chi connectivity index (χ0n) is 10.9. The number of carbonyl (C=O) groups is 1. The van der Waals surface area contributed by atoms with Gasteiger partial charge in [-0.3, -0.25) is 9.69 Å². The van der Waals surface area contributed by atoms with Gasteiger partial charge in [-0.05, 0) is 5.92 Å². The molecule has 7 heteroatoms. The van der Waals surface area contributed by atoms with Gasteiger partial charge in [0.05, 0.1) is 0 Å². The number of fused-ring (bicyclic) bond motifs is 1. The molecule has 3 nitrogen and oxygen atoms in total. The Hall–Kier alpha value is -1.63. The van der Waals surface area contributed by atoms with Crippen LogP contribution in [0.1, 0.15) is 25.0 Å². The molecule has 0 radical (unpaired) electrons. The summed E-state index contributed by atoms with van der Waals surface area (Å²) in [6.07, 6.45) is 0. The van der Waals surface area contributed by atoms with E-state index in [-0.39, 0.29) is 30.1 Å². The highest BCUT2D eigenvalue weighted by Crippen LogP contribution is 2.33. The first-order valence-electron chi connectivity index (χ1n) is 6.06. The van der Waals surface area contributed by atoms with Crippen molar-refractivity contribution in [1.82, 2.24) is 4.90 Å². The lowest BCUT2D eigenvalue weighted by Gasteiger charge is -2.26. The average Bonchev–Trinajstić information content (AvgIpc) is 2.77. The third kappa shape index (κ3) is 2.15. The molecule has 1 aromatic carbocycles. The van der Waals surface area contributed by atoms with E-state index in [0.717, 1.165) is 0 Å². The molecule has 1 heterocycles. The van der Waals surface area contributed by atoms with Crippen molar-refractivity contribution >= 4 is 5.97 Å². The Balaban J connectivity index is 2.44. The molecule has 1 aromatic rings. The summed E-state index contributed by atoms with van der Waals surface area (Å²) in [7, 11) is 0. The predicted octanol–water partition coefficient (Wildman–Crippen LogP) is 2.67. The van der Waals surface area contributed by atoms with Crippen LogP contribution in [0.15, 0.2) is 0 Å². The van der Waals surface area contributed by atoms with Gasteiger partial charge >= 0.3 is 5.97 Å². The van der Waals surface area contributed by atoms with Crippen molar-refractivity contribution in [3.05, 3.63) is 34.4 Å². The summed E-state index contributed by atoms with van der Waals surface area (Å²) in [4.78, 5) is 12.5. The minimum atomic E-state index is -1.86. The van der Waals surface area contributed by atoms with Crippen LogP contribution in [-0.4, -0.2) is 22.0 Å². The number of carboxylic acids is 1. The van der Waals surface area contributed by atoms with Gasteiger partial charge in [0.2, 0.25) is 0 Å². The molecule has 0 spiro atoms. The monoisotopic (exact) mass is 291 g/mol. The molecule has 1 aliphatic rings. The second-order valence-electron chi connectivity index (χ2n) is 5.15. The summed E-state index contributed by atoms with van der Waals surface area (Å²) in [6.45, 7) is 2.78. The van der Waals surface area contributed by atoms with Crippen LogP contribution in [0.25, 0.3) is 0 Å². The number of halogens is 4. The lowest BCUT2D eigenvalue weighted by atomic mass is 10.0. The minimum absolute atomic E-state index is 0.259. The van der Waals surface area contributed by atoms with Crippen molar-refractivity contribution in [3.8, 4) is 0 Å². The summed E-state index contributed by atoms with van der Waals surface area (Å²) >= 11 is 0. The van der Waals surface area contributed by atoms with Crippen molar-refractivity contribution in [2.45, 2.75) is 33.0 Å². The van der Waals surface area contributed by atoms with Crippen LogP contribution in [0.3, 0.4) is 0 Å². The second-order valence-corrected chi connectivity index (χ2v) is 5.15. The summed E-state index contributed by atoms with van der Waals surface area (Å²) in [5.41, 5.74) is -0.624. The minimum Gasteiger partial charge on any atom is -0.480 e. The number of rotatable bonds is 3. The maximum atomic E-state index is 13.6. The molecule has 0 bridgehead atoms. The number of carboxylic acid groups (broad SMARTS) is 1. The first-order chi connectivity index (χ1) is 9.25. The maximum absolute atomic E-state index is 13.6. The van der Waals surface area contributed by atoms with E-state index in [9.17, 15) is 22.4 Å². The molecule has 0 fully saturated rings. The Morgan fingerprint density at radius 2 is 1.40 bits per heavy atom. The third-order valence-corrected chi connectivity index (χ3v) is 3.47. The topological polar surface area (TPSA) is 40.5 Å². The molecule has 1 unspecified atom stereocenters. The Morgan fingerprint density at radius 1 is 1.00 bits per heavy atom. The number of benzene rings is 1. The number of hydrogen-bond acceptors (Lipinski definition) is 2. The largest absolute Gasteiger partial charge is 0.480 e. The number of nitrogens with zero attached hydrogens (tertiary/aromatic N) is 1. The maximum Gasteiger partial charge on any atom is 0.321 e. The molecule has 20 heavy (non-hydrogen) atoms. The van der Waals surface area contributed by atoms with Crippen LogP contribution in [-0.2, 0) is 17.9 Å². The van der Waals surface area contributed by atoms with E-state index in [4.69, 9.17) is 5.11 Å². The van der Waals surface area contributed by atoms with Gasteiger partial charge in [0.15, 0.2) is 23.3 Å². The fourth-order valence-electron chi connectivity index (χ4n) is 2.57. The Labute approximate surface area is 112 Å². The van der Waals surface area contributed by atoms with Crippen molar-refractivity contribution in [2.24, 2.45) is 5.92 Å². The molecule has 0 saturated carbocycles. The van der Waals surface area contributed by atoms with Gasteiger partial charge in [0.1, 0.15) is 6.04 Å². The lowest BCUT2D eigenvalue weighted by molar-refractivity contribution is -0.145. The number of hydrogen-bond donors (Lipinski definition) is 1. The molecule has 1 N–H and O–H groups in total. The summed E-state index contributed by atoms with van der Waals surface area (Å²) in [5.74, 6) is -8.08. The van der Waals surface area contributed by atoms with Crippen molar-refractivity contribution in [1.29, 1.82) is 0 Å². The van der Waals surface area contributed by atoms with Gasteiger partial charge in [-0.25, -0.2) is 17.6 Å². The second kappa shape index (κ2) is 5.05. The highest BCUT2D eigenvalue weighted by Gasteiger charge is 2.37. The Morgan fingerprint density at radius 3 is 1.70 bits per heavy atom. The van der Waals surface area contributed by atoms with Gasteiger partial charge in [0, 0.05) is 24.2 Å². The van der Waals surface area contributed by atoms with Gasteiger partial charge in [0.25, 0.3) is 0 Å². The molecule has 1 aliphatic heterocycles. The van der Waals surface area contributed by atoms with E-state index < -0.39 is 35.3 Å². The normalized spacial score (nSPS) is 16.6. The predicted molar refractivity (Wildman–Crippen MR) is 61.8 cm³/mol. The summed E-state index contributed by atoms with van der Waals surface area (Å²) in [6, 6.07) is -0.979. The van der Waals surface area contributed by atoms with Crippen molar-refractivity contribution in [2.75, 3.05) is 0 Å². The Kier molecular flexibility index (Phi) is 3.73. The van der Waals surface area contributed by atoms with Gasteiger partial charge in [-0.1, -0.05) is 13.8 Å². The fraction of sp³-hybridized carbons (Fsp3) is 0.462. The molecule has 0 saturated heterocycles. The smallest absolute Gasteiger partial charge is 0.321 e. The Bertz CT molecular complexity index is 537. The van der Waals surface area contributed by atoms with Crippen LogP contribution in [0.2, 0.25) is 0 Å². The highest BCUT2D eigenvalue weighted by atomic mass is 19.2. The van der Waals surface area contributed by atoms with E-state index in [1.165, 1.54) is 4.90 Å². The molecule has 0 amide bonds. The van der Waals surface area contributed by atoms with Crippen LogP contribution >= 0.6 is 0 Å². The fourth-order valence-corrected chi connectivity index (χ4v) is 2.57. The van der Waals surface area contributed by atoms with Crippen LogP contribution in [0, 0.1) is 29.2 Å². The van der Waals surface area contributed by atoms with Gasteiger partial charge < -0.3 is 5.11 Å². The van der Waals surface area contributed by atoms with Crippen molar-refractivity contribution in [3.63, 3.8) is 0 Å². The van der Waals surface area contributed by atoms with Crippen LogP contribution in [0.4, 0.5) is 17.6 Å². The molecular formula is C13H13F4NO2. The quantitative estimate of drug-likeness (QED) is 0.529. The molecular weight excluding hydrogens is 278 g/mol. The molecule has 110 valence electrons. The standard InChI is InChI=1S/C13H13F4NO2/c1-5(2)12(13(19)20)18-3-6-7(4-18)9(15)11(17)10(16)8(6)14/h5,12H,3-4H2,1-2H3,(H,19,20).